The van der Waals surface area contributed by atoms with E-state index >= 15 is 0 Å². The van der Waals surface area contributed by atoms with Gasteiger partial charge < -0.3 is 14.8 Å². The number of benzene rings is 2. The fourth-order valence-corrected chi connectivity index (χ4v) is 3.32. The summed E-state index contributed by atoms with van der Waals surface area (Å²) in [6, 6.07) is 10.3. The number of hydrogen-bond donors (Lipinski definition) is 1. The third-order valence-corrected chi connectivity index (χ3v) is 4.77. The van der Waals surface area contributed by atoms with Gasteiger partial charge in [0, 0.05) is 29.4 Å². The predicted molar refractivity (Wildman–Crippen MR) is 102 cm³/mol. The first-order chi connectivity index (χ1) is 14.0. The van der Waals surface area contributed by atoms with Crippen molar-refractivity contribution in [1.29, 1.82) is 0 Å². The average molecular weight is 399 g/mol. The number of amides is 1. The maximum absolute atomic E-state index is 13.9. The number of rotatable bonds is 5. The van der Waals surface area contributed by atoms with Crippen LogP contribution in [0.3, 0.4) is 0 Å². The number of fused-ring (bicyclic) bond motifs is 1. The van der Waals surface area contributed by atoms with Crippen LogP contribution in [-0.4, -0.2) is 29.4 Å². The summed E-state index contributed by atoms with van der Waals surface area (Å²) >= 11 is 0. The fourth-order valence-electron chi connectivity index (χ4n) is 3.32. The van der Waals surface area contributed by atoms with E-state index in [0.29, 0.717) is 30.8 Å². The molecule has 3 aromatic rings. The maximum atomic E-state index is 13.9. The molecule has 0 saturated heterocycles. The number of methoxy groups -OCH3 is 1. The van der Waals surface area contributed by atoms with Crippen molar-refractivity contribution in [2.75, 3.05) is 19.0 Å². The second-order valence-corrected chi connectivity index (χ2v) is 6.66. The average Bonchev–Trinajstić information content (AvgIpc) is 3.09. The van der Waals surface area contributed by atoms with E-state index in [1.165, 1.54) is 31.4 Å². The summed E-state index contributed by atoms with van der Waals surface area (Å²) in [5.74, 6) is -1.24. The number of nitrogens with zero attached hydrogens (tertiary/aromatic N) is 2. The smallest absolute Gasteiger partial charge is 0.276 e. The minimum atomic E-state index is -0.572. The summed E-state index contributed by atoms with van der Waals surface area (Å²) in [6.45, 7) is 1.22. The molecule has 8 heteroatoms. The van der Waals surface area contributed by atoms with Gasteiger partial charge in [0.15, 0.2) is 17.3 Å². The third kappa shape index (κ3) is 3.97. The zero-order chi connectivity index (χ0) is 20.4. The zero-order valence-corrected chi connectivity index (χ0v) is 15.7. The topological polar surface area (TPSA) is 65.4 Å². The Morgan fingerprint density at radius 2 is 2.03 bits per heavy atom. The van der Waals surface area contributed by atoms with Crippen molar-refractivity contribution in [2.45, 2.75) is 19.6 Å². The lowest BCUT2D eigenvalue weighted by Gasteiger charge is -2.15. The lowest BCUT2D eigenvalue weighted by Crippen LogP contribution is -2.17. The molecule has 1 N–H and O–H groups in total. The molecule has 2 aromatic carbocycles. The highest BCUT2D eigenvalue weighted by Crippen LogP contribution is 2.25. The van der Waals surface area contributed by atoms with Gasteiger partial charge in [-0.25, -0.2) is 8.78 Å². The van der Waals surface area contributed by atoms with Gasteiger partial charge in [0.25, 0.3) is 5.91 Å². The normalized spacial score (nSPS) is 13.1. The maximum Gasteiger partial charge on any atom is 0.276 e. The van der Waals surface area contributed by atoms with Crippen LogP contribution < -0.4 is 10.1 Å². The van der Waals surface area contributed by atoms with Crippen LogP contribution >= 0.6 is 0 Å². The Morgan fingerprint density at radius 1 is 1.24 bits per heavy atom. The van der Waals surface area contributed by atoms with Crippen LogP contribution in [0.5, 0.6) is 5.75 Å². The summed E-state index contributed by atoms with van der Waals surface area (Å²) in [5, 5.41) is 7.14. The molecule has 150 valence electrons. The molecule has 1 amide bonds. The monoisotopic (exact) mass is 399 g/mol. The fraction of sp³-hybridized carbons (Fsp3) is 0.238. The second-order valence-electron chi connectivity index (χ2n) is 6.66. The first kappa shape index (κ1) is 19.1. The van der Waals surface area contributed by atoms with E-state index < -0.39 is 11.7 Å². The largest absolute Gasteiger partial charge is 0.494 e. The first-order valence-electron chi connectivity index (χ1n) is 9.11. The second kappa shape index (κ2) is 8.00. The van der Waals surface area contributed by atoms with E-state index in [4.69, 9.17) is 9.47 Å². The quantitative estimate of drug-likeness (QED) is 0.713. The molecule has 1 aromatic heterocycles. The van der Waals surface area contributed by atoms with Gasteiger partial charge in [0.2, 0.25) is 0 Å². The van der Waals surface area contributed by atoms with E-state index in [-0.39, 0.29) is 23.9 Å². The molecule has 0 atom stereocenters. The van der Waals surface area contributed by atoms with Crippen molar-refractivity contribution < 1.29 is 23.0 Å². The summed E-state index contributed by atoms with van der Waals surface area (Å²) in [4.78, 5) is 12.8. The van der Waals surface area contributed by atoms with Gasteiger partial charge >= 0.3 is 0 Å². The molecular formula is C21H19F2N3O3. The van der Waals surface area contributed by atoms with Crippen molar-refractivity contribution in [2.24, 2.45) is 0 Å². The highest BCUT2D eigenvalue weighted by molar-refractivity contribution is 6.04. The Bertz CT molecular complexity index is 1050. The summed E-state index contributed by atoms with van der Waals surface area (Å²) in [6.07, 6.45) is 0.619. The lowest BCUT2D eigenvalue weighted by atomic mass is 10.1. The third-order valence-electron chi connectivity index (χ3n) is 4.77. The van der Waals surface area contributed by atoms with Gasteiger partial charge in [-0.2, -0.15) is 5.10 Å². The molecule has 1 aliphatic heterocycles. The van der Waals surface area contributed by atoms with Gasteiger partial charge in [-0.05, 0) is 29.8 Å². The first-order valence-corrected chi connectivity index (χ1v) is 9.11. The van der Waals surface area contributed by atoms with Crippen molar-refractivity contribution in [3.63, 3.8) is 0 Å². The molecule has 0 saturated carbocycles. The molecule has 0 unspecified atom stereocenters. The van der Waals surface area contributed by atoms with Crippen LogP contribution in [0.1, 0.15) is 27.3 Å². The van der Waals surface area contributed by atoms with Gasteiger partial charge in [0.1, 0.15) is 5.82 Å². The molecule has 0 aliphatic carbocycles. The van der Waals surface area contributed by atoms with Gasteiger partial charge in [0.05, 0.1) is 26.9 Å². The molecular weight excluding hydrogens is 380 g/mol. The Labute approximate surface area is 166 Å². The van der Waals surface area contributed by atoms with E-state index in [0.717, 1.165) is 11.3 Å². The number of halogens is 2. The standard InChI is InChI=1S/C21H19F2N3O3/c1-28-19-7-6-15(10-17(19)23)24-21(27)20-16-12-29-9-8-18(16)26(25-20)11-13-2-4-14(22)5-3-13/h2-7,10H,8-9,11-12H2,1H3,(H,24,27). The van der Waals surface area contributed by atoms with Crippen molar-refractivity contribution in [3.8, 4) is 5.75 Å². The molecule has 0 bridgehead atoms. The number of carbonyl (C=O) groups is 1. The molecule has 0 radical (unpaired) electrons. The van der Waals surface area contributed by atoms with Crippen LogP contribution in [0.25, 0.3) is 0 Å². The Balaban J connectivity index is 1.61. The van der Waals surface area contributed by atoms with E-state index in [1.807, 2.05) is 0 Å². The van der Waals surface area contributed by atoms with E-state index in [2.05, 4.69) is 10.4 Å². The molecule has 0 spiro atoms. The van der Waals surface area contributed by atoms with Gasteiger partial charge in [-0.3, -0.25) is 9.48 Å². The van der Waals surface area contributed by atoms with E-state index in [9.17, 15) is 13.6 Å². The zero-order valence-electron chi connectivity index (χ0n) is 15.7. The molecule has 2 heterocycles. The summed E-state index contributed by atoms with van der Waals surface area (Å²) < 4.78 is 39.2. The molecule has 4 rings (SSSR count). The number of carbonyl (C=O) groups excluding carboxylic acids is 1. The number of hydrogen-bond acceptors (Lipinski definition) is 4. The van der Waals surface area contributed by atoms with Gasteiger partial charge in [-0.15, -0.1) is 0 Å². The van der Waals surface area contributed by atoms with Crippen LogP contribution in [-0.2, 0) is 24.3 Å². The van der Waals surface area contributed by atoms with Crippen LogP contribution in [0, 0.1) is 11.6 Å². The predicted octanol–water partition coefficient (Wildman–Crippen LogP) is 3.54. The Kier molecular flexibility index (Phi) is 5.26. The van der Waals surface area contributed by atoms with Crippen LogP contribution in [0.2, 0.25) is 0 Å². The lowest BCUT2D eigenvalue weighted by molar-refractivity contribution is 0.0984. The van der Waals surface area contributed by atoms with Crippen LogP contribution in [0.15, 0.2) is 42.5 Å². The minimum Gasteiger partial charge on any atom is -0.494 e. The number of nitrogens with one attached hydrogen (secondary N) is 1. The van der Waals surface area contributed by atoms with Crippen molar-refractivity contribution in [3.05, 3.63) is 76.6 Å². The SMILES string of the molecule is COc1ccc(NC(=O)c2nn(Cc3ccc(F)cc3)c3c2COCC3)cc1F. The van der Waals surface area contributed by atoms with Crippen LogP contribution in [0.4, 0.5) is 14.5 Å². The number of ether oxygens (including phenoxy) is 2. The Hall–Kier alpha value is -3.26. The molecule has 0 fully saturated rings. The molecule has 29 heavy (non-hydrogen) atoms. The minimum absolute atomic E-state index is 0.0948. The van der Waals surface area contributed by atoms with Crippen molar-refractivity contribution in [1.82, 2.24) is 9.78 Å². The Morgan fingerprint density at radius 3 is 2.76 bits per heavy atom. The highest BCUT2D eigenvalue weighted by atomic mass is 19.1. The van der Waals surface area contributed by atoms with E-state index in [1.54, 1.807) is 22.9 Å². The molecule has 6 nitrogen and oxygen atoms in total. The van der Waals surface area contributed by atoms with Gasteiger partial charge in [-0.1, -0.05) is 12.1 Å². The highest BCUT2D eigenvalue weighted by Gasteiger charge is 2.25. The molecule has 1 aliphatic rings. The number of aromatic nitrogens is 2. The summed E-state index contributed by atoms with van der Waals surface area (Å²) in [5.41, 5.74) is 3.02. The summed E-state index contributed by atoms with van der Waals surface area (Å²) in [7, 11) is 1.37. The number of anilines is 1. The van der Waals surface area contributed by atoms with Crippen molar-refractivity contribution >= 4 is 11.6 Å².